The van der Waals surface area contributed by atoms with Gasteiger partial charge >= 0.3 is 0 Å². The smallest absolute Gasteiger partial charge is 0.237 e. The molecule has 0 heterocycles. The first-order valence-corrected chi connectivity index (χ1v) is 6.76. The summed E-state index contributed by atoms with van der Waals surface area (Å²) in [4.78, 5) is 11.0. The molecule has 106 valence electrons. The fourth-order valence-electron chi connectivity index (χ4n) is 1.73. The number of benzene rings is 1. The van der Waals surface area contributed by atoms with E-state index in [4.69, 9.17) is 16.2 Å². The first-order chi connectivity index (χ1) is 8.95. The monoisotopic (exact) mass is 264 g/mol. The van der Waals surface area contributed by atoms with Crippen LogP contribution >= 0.6 is 0 Å². The maximum Gasteiger partial charge on any atom is 0.237 e. The van der Waals surface area contributed by atoms with E-state index >= 15 is 0 Å². The van der Waals surface area contributed by atoms with E-state index in [1.54, 1.807) is 6.92 Å². The number of hydrogen-bond acceptors (Lipinski definition) is 3. The fourth-order valence-corrected chi connectivity index (χ4v) is 1.73. The molecule has 1 rings (SSSR count). The molecule has 0 aliphatic rings. The molecule has 1 aromatic carbocycles. The van der Waals surface area contributed by atoms with Gasteiger partial charge in [-0.15, -0.1) is 0 Å². The van der Waals surface area contributed by atoms with E-state index in [0.717, 1.165) is 25.0 Å². The van der Waals surface area contributed by atoms with Gasteiger partial charge in [0.05, 0.1) is 12.1 Å². The van der Waals surface area contributed by atoms with Crippen molar-refractivity contribution in [1.29, 1.82) is 0 Å². The van der Waals surface area contributed by atoms with E-state index in [0.29, 0.717) is 13.0 Å². The van der Waals surface area contributed by atoms with Crippen LogP contribution in [0, 0.1) is 0 Å². The average Bonchev–Trinajstić information content (AvgIpc) is 2.38. The molecule has 0 bridgehead atoms. The van der Waals surface area contributed by atoms with Crippen LogP contribution in [-0.2, 0) is 11.2 Å². The third-order valence-electron chi connectivity index (χ3n) is 3.25. The number of amides is 1. The van der Waals surface area contributed by atoms with Gasteiger partial charge in [0.25, 0.3) is 0 Å². The van der Waals surface area contributed by atoms with Crippen LogP contribution in [0.5, 0.6) is 5.75 Å². The number of carbonyl (C=O) groups excluding carboxylic acids is 1. The first kappa shape index (κ1) is 15.5. The van der Waals surface area contributed by atoms with Crippen molar-refractivity contribution in [2.24, 2.45) is 11.5 Å². The van der Waals surface area contributed by atoms with E-state index in [-0.39, 0.29) is 0 Å². The SMILES string of the molecule is CCc1ccc(OCCCCC(C)(N)C(N)=O)cc1. The molecular formula is C15H24N2O2. The number of unbranched alkanes of at least 4 members (excludes halogenated alkanes) is 1. The van der Waals surface area contributed by atoms with Gasteiger partial charge < -0.3 is 16.2 Å². The molecule has 0 saturated heterocycles. The highest BCUT2D eigenvalue weighted by molar-refractivity contribution is 5.83. The van der Waals surface area contributed by atoms with E-state index in [1.165, 1.54) is 5.56 Å². The summed E-state index contributed by atoms with van der Waals surface area (Å²) in [6.45, 7) is 4.42. The summed E-state index contributed by atoms with van der Waals surface area (Å²) in [5, 5.41) is 0. The number of primary amides is 1. The van der Waals surface area contributed by atoms with Gasteiger partial charge in [-0.3, -0.25) is 4.79 Å². The summed E-state index contributed by atoms with van der Waals surface area (Å²) in [5.41, 5.74) is 11.4. The second-order valence-corrected chi connectivity index (χ2v) is 5.08. The predicted octanol–water partition coefficient (Wildman–Crippen LogP) is 2.00. The maximum atomic E-state index is 11.0. The number of hydrogen-bond donors (Lipinski definition) is 2. The highest BCUT2D eigenvalue weighted by atomic mass is 16.5. The van der Waals surface area contributed by atoms with E-state index in [1.807, 2.05) is 12.1 Å². The standard InChI is InChI=1S/C15H24N2O2/c1-3-12-6-8-13(9-7-12)19-11-5-4-10-15(2,17)14(16)18/h6-9H,3-5,10-11,17H2,1-2H3,(H2,16,18). The Morgan fingerprint density at radius 2 is 1.89 bits per heavy atom. The first-order valence-electron chi connectivity index (χ1n) is 6.76. The Morgan fingerprint density at radius 1 is 1.26 bits per heavy atom. The number of carbonyl (C=O) groups is 1. The van der Waals surface area contributed by atoms with Gasteiger partial charge in [0, 0.05) is 0 Å². The molecule has 19 heavy (non-hydrogen) atoms. The zero-order valence-electron chi connectivity index (χ0n) is 11.8. The summed E-state index contributed by atoms with van der Waals surface area (Å²) in [7, 11) is 0. The zero-order chi connectivity index (χ0) is 14.3. The van der Waals surface area contributed by atoms with Crippen LogP contribution in [0.25, 0.3) is 0 Å². The van der Waals surface area contributed by atoms with Gasteiger partial charge in [-0.25, -0.2) is 0 Å². The van der Waals surface area contributed by atoms with Gasteiger partial charge in [0.15, 0.2) is 0 Å². The molecule has 0 aliphatic carbocycles. The Hall–Kier alpha value is -1.55. The minimum absolute atomic E-state index is 0.455. The molecule has 4 N–H and O–H groups in total. The quantitative estimate of drug-likeness (QED) is 0.705. The van der Waals surface area contributed by atoms with Crippen LogP contribution in [0.1, 0.15) is 38.7 Å². The lowest BCUT2D eigenvalue weighted by molar-refractivity contribution is -0.122. The van der Waals surface area contributed by atoms with Crippen molar-refractivity contribution in [2.45, 2.75) is 45.1 Å². The molecule has 0 saturated carbocycles. The summed E-state index contributed by atoms with van der Waals surface area (Å²) >= 11 is 0. The number of ether oxygens (including phenoxy) is 1. The topological polar surface area (TPSA) is 78.3 Å². The Bertz CT molecular complexity index is 399. The van der Waals surface area contributed by atoms with Crippen LogP contribution in [0.3, 0.4) is 0 Å². The lowest BCUT2D eigenvalue weighted by Crippen LogP contribution is -2.49. The number of aryl methyl sites for hydroxylation is 1. The van der Waals surface area contributed by atoms with Crippen molar-refractivity contribution in [3.05, 3.63) is 29.8 Å². The molecule has 0 spiro atoms. The van der Waals surface area contributed by atoms with Crippen molar-refractivity contribution >= 4 is 5.91 Å². The lowest BCUT2D eigenvalue weighted by atomic mass is 9.96. The largest absolute Gasteiger partial charge is 0.494 e. The minimum Gasteiger partial charge on any atom is -0.494 e. The molecule has 4 heteroatoms. The van der Waals surface area contributed by atoms with Gasteiger partial charge in [-0.2, -0.15) is 0 Å². The highest BCUT2D eigenvalue weighted by Gasteiger charge is 2.24. The average molecular weight is 264 g/mol. The predicted molar refractivity (Wildman–Crippen MR) is 77.0 cm³/mol. The number of nitrogens with two attached hydrogens (primary N) is 2. The van der Waals surface area contributed by atoms with Crippen molar-refractivity contribution in [3.8, 4) is 5.75 Å². The van der Waals surface area contributed by atoms with Crippen LogP contribution in [-0.4, -0.2) is 18.1 Å². The molecule has 0 aliphatic heterocycles. The molecule has 0 radical (unpaired) electrons. The van der Waals surface area contributed by atoms with Gasteiger partial charge in [0.2, 0.25) is 5.91 Å². The molecule has 4 nitrogen and oxygen atoms in total. The van der Waals surface area contributed by atoms with E-state index in [2.05, 4.69) is 19.1 Å². The van der Waals surface area contributed by atoms with Crippen molar-refractivity contribution in [3.63, 3.8) is 0 Å². The van der Waals surface area contributed by atoms with Crippen LogP contribution in [0.4, 0.5) is 0 Å². The van der Waals surface area contributed by atoms with Gasteiger partial charge in [0.1, 0.15) is 5.75 Å². The summed E-state index contributed by atoms with van der Waals surface area (Å²) < 4.78 is 5.62. The Kier molecular flexibility index (Phi) is 5.83. The van der Waals surface area contributed by atoms with Crippen LogP contribution < -0.4 is 16.2 Å². The maximum absolute atomic E-state index is 11.0. The molecule has 1 aromatic rings. The fraction of sp³-hybridized carbons (Fsp3) is 0.533. The third kappa shape index (κ3) is 5.30. The molecule has 1 unspecified atom stereocenters. The highest BCUT2D eigenvalue weighted by Crippen LogP contribution is 2.14. The van der Waals surface area contributed by atoms with Crippen LogP contribution in [0.2, 0.25) is 0 Å². The van der Waals surface area contributed by atoms with E-state index < -0.39 is 11.4 Å². The normalized spacial score (nSPS) is 13.8. The zero-order valence-corrected chi connectivity index (χ0v) is 11.8. The Morgan fingerprint density at radius 3 is 2.42 bits per heavy atom. The lowest BCUT2D eigenvalue weighted by Gasteiger charge is -2.19. The molecule has 0 aromatic heterocycles. The molecule has 1 amide bonds. The van der Waals surface area contributed by atoms with Crippen molar-refractivity contribution in [2.75, 3.05) is 6.61 Å². The van der Waals surface area contributed by atoms with E-state index in [9.17, 15) is 4.79 Å². The summed E-state index contributed by atoms with van der Waals surface area (Å²) in [6.07, 6.45) is 3.29. The van der Waals surface area contributed by atoms with Gasteiger partial charge in [-0.05, 0) is 50.3 Å². The van der Waals surface area contributed by atoms with Gasteiger partial charge in [-0.1, -0.05) is 19.1 Å². The molecule has 1 atom stereocenters. The molecule has 0 fully saturated rings. The second-order valence-electron chi connectivity index (χ2n) is 5.08. The third-order valence-corrected chi connectivity index (χ3v) is 3.25. The van der Waals surface area contributed by atoms with Crippen molar-refractivity contribution in [1.82, 2.24) is 0 Å². The summed E-state index contributed by atoms with van der Waals surface area (Å²) in [6, 6.07) is 8.10. The van der Waals surface area contributed by atoms with Crippen LogP contribution in [0.15, 0.2) is 24.3 Å². The second kappa shape index (κ2) is 7.14. The Labute approximate surface area is 115 Å². The Balaban J connectivity index is 2.22. The number of rotatable bonds is 8. The molecular weight excluding hydrogens is 240 g/mol. The minimum atomic E-state index is -0.914. The summed E-state index contributed by atoms with van der Waals surface area (Å²) in [5.74, 6) is 0.422. The van der Waals surface area contributed by atoms with Crippen molar-refractivity contribution < 1.29 is 9.53 Å².